The van der Waals surface area contributed by atoms with Gasteiger partial charge in [-0.3, -0.25) is 14.5 Å². The number of carbonyl (C=O) groups excluding carboxylic acids is 2. The van der Waals surface area contributed by atoms with Crippen molar-refractivity contribution in [3.8, 4) is 5.75 Å². The van der Waals surface area contributed by atoms with Crippen LogP contribution in [0.4, 0.5) is 0 Å². The van der Waals surface area contributed by atoms with Crippen molar-refractivity contribution in [1.82, 2.24) is 10.2 Å². The molecule has 0 radical (unpaired) electrons. The molecule has 2 aliphatic heterocycles. The fourth-order valence-corrected chi connectivity index (χ4v) is 5.13. The molecule has 0 aliphatic carbocycles. The molecule has 0 fully saturated rings. The first-order valence-corrected chi connectivity index (χ1v) is 12.8. The van der Waals surface area contributed by atoms with Crippen LogP contribution >= 0.6 is 0 Å². The number of carbonyl (C=O) groups is 2. The zero-order chi connectivity index (χ0) is 26.6. The van der Waals surface area contributed by atoms with Gasteiger partial charge in [-0.25, -0.2) is 4.99 Å². The molecule has 4 rings (SSSR count). The van der Waals surface area contributed by atoms with Crippen LogP contribution in [0.25, 0.3) is 0 Å². The Balaban J connectivity index is 1.62. The summed E-state index contributed by atoms with van der Waals surface area (Å²) in [4.78, 5) is 32.9. The molecule has 0 saturated heterocycles. The number of nitrogens with zero attached hydrogens (tertiary/aromatic N) is 2. The number of aliphatic hydroxyl groups is 1. The number of nitrogens with one attached hydrogen (secondary N) is 1. The number of fused-ring (bicyclic) bond motifs is 1. The molecule has 0 bridgehead atoms. The molecule has 0 saturated carbocycles. The Labute approximate surface area is 217 Å². The highest BCUT2D eigenvalue weighted by Gasteiger charge is 2.40. The monoisotopic (exact) mass is 508 g/mol. The third kappa shape index (κ3) is 5.47. The van der Waals surface area contributed by atoms with Crippen LogP contribution in [-0.2, 0) is 9.53 Å². The van der Waals surface area contributed by atoms with E-state index in [2.05, 4.69) is 5.32 Å². The van der Waals surface area contributed by atoms with Gasteiger partial charge in [0.15, 0.2) is 5.96 Å². The van der Waals surface area contributed by atoms with Crippen molar-refractivity contribution < 1.29 is 24.2 Å². The highest BCUT2D eigenvalue weighted by Crippen LogP contribution is 2.35. The molecule has 0 aromatic heterocycles. The SMILES string of the molecule is CCC1(CC)CC(=O)N(C(CCOC)c2cccc(C(=O)N[C@@H]3c4ccccc4OC[C@@H]3O)c2)C(N)=N1. The third-order valence-electron chi connectivity index (χ3n) is 7.44. The summed E-state index contributed by atoms with van der Waals surface area (Å²) in [7, 11) is 1.60. The fraction of sp³-hybridized carbons (Fsp3) is 0.464. The molecule has 2 amide bonds. The van der Waals surface area contributed by atoms with Crippen molar-refractivity contribution in [2.75, 3.05) is 20.3 Å². The van der Waals surface area contributed by atoms with E-state index in [9.17, 15) is 14.7 Å². The van der Waals surface area contributed by atoms with Crippen LogP contribution in [0.2, 0.25) is 0 Å². The van der Waals surface area contributed by atoms with Crippen molar-refractivity contribution in [3.05, 3.63) is 65.2 Å². The van der Waals surface area contributed by atoms with Gasteiger partial charge in [-0.15, -0.1) is 0 Å². The summed E-state index contributed by atoms with van der Waals surface area (Å²) in [6.07, 6.45) is 1.34. The number of methoxy groups -OCH3 is 1. The number of ether oxygens (including phenoxy) is 2. The average Bonchev–Trinajstić information content (AvgIpc) is 2.91. The Morgan fingerprint density at radius 3 is 2.73 bits per heavy atom. The smallest absolute Gasteiger partial charge is 0.251 e. The molecule has 2 aromatic rings. The Morgan fingerprint density at radius 1 is 1.27 bits per heavy atom. The lowest BCUT2D eigenvalue weighted by Gasteiger charge is -2.40. The van der Waals surface area contributed by atoms with Crippen LogP contribution in [0.3, 0.4) is 0 Å². The zero-order valence-electron chi connectivity index (χ0n) is 21.6. The van der Waals surface area contributed by atoms with E-state index in [0.717, 1.165) is 24.0 Å². The molecule has 9 nitrogen and oxygen atoms in total. The van der Waals surface area contributed by atoms with Crippen molar-refractivity contribution in [2.45, 2.75) is 63.3 Å². The van der Waals surface area contributed by atoms with E-state index in [4.69, 9.17) is 20.2 Å². The molecule has 1 unspecified atom stereocenters. The van der Waals surface area contributed by atoms with E-state index in [-0.39, 0.29) is 30.8 Å². The van der Waals surface area contributed by atoms with Crippen LogP contribution in [0, 0.1) is 0 Å². The normalized spacial score (nSPS) is 21.5. The van der Waals surface area contributed by atoms with E-state index < -0.39 is 23.7 Å². The van der Waals surface area contributed by atoms with Crippen LogP contribution < -0.4 is 15.8 Å². The minimum Gasteiger partial charge on any atom is -0.490 e. The van der Waals surface area contributed by atoms with Gasteiger partial charge in [0, 0.05) is 24.8 Å². The van der Waals surface area contributed by atoms with Crippen molar-refractivity contribution in [3.63, 3.8) is 0 Å². The maximum absolute atomic E-state index is 13.4. The first kappa shape index (κ1) is 26.6. The van der Waals surface area contributed by atoms with Gasteiger partial charge in [0.05, 0.1) is 24.0 Å². The lowest BCUT2D eigenvalue weighted by Crippen LogP contribution is -2.52. The van der Waals surface area contributed by atoms with E-state index in [0.29, 0.717) is 24.3 Å². The Kier molecular flexibility index (Phi) is 8.14. The molecule has 2 aromatic carbocycles. The number of hydrogen-bond donors (Lipinski definition) is 3. The summed E-state index contributed by atoms with van der Waals surface area (Å²) in [6.45, 7) is 4.52. The molecular formula is C28H36N4O5. The predicted molar refractivity (Wildman–Crippen MR) is 140 cm³/mol. The van der Waals surface area contributed by atoms with Gasteiger partial charge in [-0.1, -0.05) is 44.2 Å². The van der Waals surface area contributed by atoms with E-state index >= 15 is 0 Å². The third-order valence-corrected chi connectivity index (χ3v) is 7.44. The van der Waals surface area contributed by atoms with Crippen molar-refractivity contribution in [1.29, 1.82) is 0 Å². The Hall–Kier alpha value is -3.43. The van der Waals surface area contributed by atoms with Crippen LogP contribution in [0.1, 0.15) is 73.1 Å². The minimum atomic E-state index is -0.879. The second-order valence-electron chi connectivity index (χ2n) is 9.63. The Morgan fingerprint density at radius 2 is 2.03 bits per heavy atom. The molecule has 198 valence electrons. The zero-order valence-corrected chi connectivity index (χ0v) is 21.6. The van der Waals surface area contributed by atoms with Gasteiger partial charge in [0.25, 0.3) is 5.91 Å². The van der Waals surface area contributed by atoms with Gasteiger partial charge in [0.2, 0.25) is 5.91 Å². The molecule has 2 aliphatic rings. The molecule has 9 heteroatoms. The molecular weight excluding hydrogens is 472 g/mol. The summed E-state index contributed by atoms with van der Waals surface area (Å²) in [5.74, 6) is 0.405. The largest absolute Gasteiger partial charge is 0.490 e. The lowest BCUT2D eigenvalue weighted by molar-refractivity contribution is -0.131. The molecule has 4 N–H and O–H groups in total. The number of aliphatic hydroxyl groups excluding tert-OH is 1. The number of para-hydroxylation sites is 1. The summed E-state index contributed by atoms with van der Waals surface area (Å²) < 4.78 is 10.9. The van der Waals surface area contributed by atoms with Gasteiger partial charge in [-0.05, 0) is 43.0 Å². The van der Waals surface area contributed by atoms with Gasteiger partial charge in [-0.2, -0.15) is 0 Å². The summed E-state index contributed by atoms with van der Waals surface area (Å²) in [6, 6.07) is 13.4. The first-order valence-electron chi connectivity index (χ1n) is 12.8. The lowest BCUT2D eigenvalue weighted by atomic mass is 9.87. The summed E-state index contributed by atoms with van der Waals surface area (Å²) >= 11 is 0. The van der Waals surface area contributed by atoms with Gasteiger partial charge in [0.1, 0.15) is 18.5 Å². The number of guanidine groups is 1. The predicted octanol–water partition coefficient (Wildman–Crippen LogP) is 3.09. The summed E-state index contributed by atoms with van der Waals surface area (Å²) in [5, 5.41) is 13.5. The Bertz CT molecular complexity index is 1160. The van der Waals surface area contributed by atoms with Crippen LogP contribution in [0.15, 0.2) is 53.5 Å². The molecule has 37 heavy (non-hydrogen) atoms. The number of benzene rings is 2. The number of aliphatic imine (C=N–C) groups is 1. The van der Waals surface area contributed by atoms with Crippen LogP contribution in [-0.4, -0.2) is 59.7 Å². The number of amides is 2. The topological polar surface area (TPSA) is 126 Å². The highest BCUT2D eigenvalue weighted by atomic mass is 16.5. The van der Waals surface area contributed by atoms with Crippen molar-refractivity contribution in [2.24, 2.45) is 10.7 Å². The average molecular weight is 509 g/mol. The van der Waals surface area contributed by atoms with E-state index in [1.54, 1.807) is 25.3 Å². The standard InChI is InChI=1S/C28H36N4O5/c1-4-28(5-2)16-24(34)32(27(29)31-28)21(13-14-36-3)18-9-8-10-19(15-18)26(35)30-25-20-11-6-7-12-23(20)37-17-22(25)33/h6-12,15,21-22,25,33H,4-5,13-14,16-17H2,1-3H3,(H2,29,31)(H,30,35)/t21?,22-,25+/m0/s1. The number of hydrogen-bond acceptors (Lipinski definition) is 7. The highest BCUT2D eigenvalue weighted by molar-refractivity contribution is 6.00. The summed E-state index contributed by atoms with van der Waals surface area (Å²) in [5.41, 5.74) is 7.79. The number of rotatable bonds is 9. The maximum atomic E-state index is 13.4. The van der Waals surface area contributed by atoms with Gasteiger partial charge >= 0.3 is 0 Å². The number of nitrogens with two attached hydrogens (primary N) is 1. The quantitative estimate of drug-likeness (QED) is 0.478. The second-order valence-corrected chi connectivity index (χ2v) is 9.63. The van der Waals surface area contributed by atoms with E-state index in [1.165, 1.54) is 4.90 Å². The fourth-order valence-electron chi connectivity index (χ4n) is 5.13. The second kappa shape index (κ2) is 11.3. The molecule has 3 atom stereocenters. The minimum absolute atomic E-state index is 0.0888. The van der Waals surface area contributed by atoms with Crippen LogP contribution in [0.5, 0.6) is 5.75 Å². The van der Waals surface area contributed by atoms with Crippen molar-refractivity contribution >= 4 is 17.8 Å². The maximum Gasteiger partial charge on any atom is 0.251 e. The van der Waals surface area contributed by atoms with Gasteiger partial charge < -0.3 is 25.6 Å². The first-order chi connectivity index (χ1) is 17.8. The molecule has 2 heterocycles. The molecule has 0 spiro atoms. The van der Waals surface area contributed by atoms with E-state index in [1.807, 2.05) is 44.2 Å².